The number of piperidine rings is 1. The molecule has 0 bridgehead atoms. The van der Waals surface area contributed by atoms with Gasteiger partial charge in [-0.3, -0.25) is 4.79 Å². The molecule has 0 saturated carbocycles. The van der Waals surface area contributed by atoms with Crippen molar-refractivity contribution in [1.29, 1.82) is 0 Å². The summed E-state index contributed by atoms with van der Waals surface area (Å²) in [5.74, 6) is 0.0282. The summed E-state index contributed by atoms with van der Waals surface area (Å²) >= 11 is 0. The molecule has 1 heterocycles. The Bertz CT molecular complexity index is 522. The molecule has 1 saturated heterocycles. The zero-order valence-electron chi connectivity index (χ0n) is 12.5. The lowest BCUT2D eigenvalue weighted by Crippen LogP contribution is -2.44. The fourth-order valence-corrected chi connectivity index (χ4v) is 2.49. The van der Waals surface area contributed by atoms with E-state index in [9.17, 15) is 9.90 Å². The summed E-state index contributed by atoms with van der Waals surface area (Å²) in [6.45, 7) is 7.20. The van der Waals surface area contributed by atoms with Crippen LogP contribution in [0.25, 0.3) is 6.08 Å². The highest BCUT2D eigenvalue weighted by Crippen LogP contribution is 2.21. The van der Waals surface area contributed by atoms with Crippen LogP contribution in [0.2, 0.25) is 0 Å². The van der Waals surface area contributed by atoms with Crippen LogP contribution in [0.3, 0.4) is 0 Å². The second kappa shape index (κ2) is 5.80. The third kappa shape index (κ3) is 3.70. The summed E-state index contributed by atoms with van der Waals surface area (Å²) in [5.41, 5.74) is 2.86. The van der Waals surface area contributed by atoms with E-state index in [1.165, 1.54) is 11.1 Å². The summed E-state index contributed by atoms with van der Waals surface area (Å²) in [7, 11) is 0. The lowest BCUT2D eigenvalue weighted by Gasteiger charge is -2.35. The minimum absolute atomic E-state index is 0.0282. The Labute approximate surface area is 120 Å². The molecule has 2 rings (SSSR count). The van der Waals surface area contributed by atoms with Gasteiger partial charge in [0, 0.05) is 19.2 Å². The highest BCUT2D eigenvalue weighted by Gasteiger charge is 2.28. The number of likely N-dealkylation sites (tertiary alicyclic amines) is 1. The smallest absolute Gasteiger partial charge is 0.246 e. The molecule has 1 aromatic carbocycles. The highest BCUT2D eigenvalue weighted by atomic mass is 16.3. The number of carbonyl (C=O) groups excluding carboxylic acids is 1. The molecule has 3 heteroatoms. The van der Waals surface area contributed by atoms with Gasteiger partial charge in [0.2, 0.25) is 5.91 Å². The molecule has 1 aliphatic heterocycles. The van der Waals surface area contributed by atoms with Gasteiger partial charge in [0.25, 0.3) is 0 Å². The van der Waals surface area contributed by atoms with E-state index in [-0.39, 0.29) is 5.91 Å². The molecule has 0 aromatic heterocycles. The molecule has 0 radical (unpaired) electrons. The molecule has 1 N–H and O–H groups in total. The molecular weight excluding hydrogens is 250 g/mol. The highest BCUT2D eigenvalue weighted by molar-refractivity contribution is 5.92. The quantitative estimate of drug-likeness (QED) is 0.842. The van der Waals surface area contributed by atoms with Gasteiger partial charge in [-0.25, -0.2) is 0 Å². The summed E-state index contributed by atoms with van der Waals surface area (Å²) < 4.78 is 0. The molecule has 0 aliphatic carbocycles. The normalized spacial score (nSPS) is 18.5. The monoisotopic (exact) mass is 273 g/mol. The topological polar surface area (TPSA) is 40.5 Å². The van der Waals surface area contributed by atoms with Crippen LogP contribution in [0.4, 0.5) is 0 Å². The third-order valence-electron chi connectivity index (χ3n) is 3.98. The number of rotatable bonds is 2. The van der Waals surface area contributed by atoms with Gasteiger partial charge >= 0.3 is 0 Å². The molecule has 0 unspecified atom stereocenters. The Hall–Kier alpha value is -1.61. The van der Waals surface area contributed by atoms with Crippen LogP contribution in [0.5, 0.6) is 0 Å². The lowest BCUT2D eigenvalue weighted by molar-refractivity contribution is -0.129. The molecule has 1 aliphatic rings. The first-order valence-electron chi connectivity index (χ1n) is 7.14. The average Bonchev–Trinajstić information content (AvgIpc) is 2.37. The van der Waals surface area contributed by atoms with E-state index in [1.54, 1.807) is 11.0 Å². The van der Waals surface area contributed by atoms with Gasteiger partial charge in [0.05, 0.1) is 5.60 Å². The number of carbonyl (C=O) groups is 1. The summed E-state index contributed by atoms with van der Waals surface area (Å²) in [6.07, 6.45) is 4.81. The van der Waals surface area contributed by atoms with Crippen LogP contribution < -0.4 is 0 Å². The van der Waals surface area contributed by atoms with Crippen molar-refractivity contribution in [3.8, 4) is 0 Å². The number of hydrogen-bond donors (Lipinski definition) is 1. The summed E-state index contributed by atoms with van der Waals surface area (Å²) in [5, 5.41) is 9.89. The third-order valence-corrected chi connectivity index (χ3v) is 3.98. The van der Waals surface area contributed by atoms with Gasteiger partial charge in [-0.1, -0.05) is 23.8 Å². The average molecular weight is 273 g/mol. The molecule has 3 nitrogen and oxygen atoms in total. The first-order chi connectivity index (χ1) is 9.37. The second-order valence-corrected chi connectivity index (χ2v) is 6.02. The van der Waals surface area contributed by atoms with Crippen molar-refractivity contribution >= 4 is 12.0 Å². The molecule has 0 spiro atoms. The number of amides is 1. The predicted octanol–water partition coefficient (Wildman–Crippen LogP) is 2.69. The first-order valence-corrected chi connectivity index (χ1v) is 7.14. The van der Waals surface area contributed by atoms with Crippen LogP contribution in [-0.4, -0.2) is 34.6 Å². The molecule has 1 fully saturated rings. The summed E-state index contributed by atoms with van der Waals surface area (Å²) in [4.78, 5) is 13.9. The number of hydrogen-bond acceptors (Lipinski definition) is 2. The first kappa shape index (κ1) is 14.8. The maximum atomic E-state index is 12.1. The minimum Gasteiger partial charge on any atom is -0.390 e. The fraction of sp³-hybridized carbons (Fsp3) is 0.471. The van der Waals surface area contributed by atoms with Crippen molar-refractivity contribution in [2.24, 2.45) is 0 Å². The van der Waals surface area contributed by atoms with Crippen molar-refractivity contribution in [3.63, 3.8) is 0 Å². The van der Waals surface area contributed by atoms with Crippen LogP contribution in [0.15, 0.2) is 24.3 Å². The van der Waals surface area contributed by atoms with Crippen LogP contribution in [0.1, 0.15) is 36.5 Å². The Morgan fingerprint density at radius 2 is 1.95 bits per heavy atom. The SMILES string of the molecule is Cc1ccc(/C=C/C(=O)N2CCC(C)(O)CC2)c(C)c1. The Morgan fingerprint density at radius 3 is 2.55 bits per heavy atom. The number of aryl methyl sites for hydroxylation is 2. The molecule has 1 amide bonds. The van der Waals surface area contributed by atoms with E-state index < -0.39 is 5.60 Å². The Kier molecular flexibility index (Phi) is 4.29. The van der Waals surface area contributed by atoms with Crippen molar-refractivity contribution in [2.75, 3.05) is 13.1 Å². The zero-order chi connectivity index (χ0) is 14.8. The lowest BCUT2D eigenvalue weighted by atomic mass is 9.94. The van der Waals surface area contributed by atoms with E-state index in [2.05, 4.69) is 26.0 Å². The van der Waals surface area contributed by atoms with Crippen LogP contribution in [-0.2, 0) is 4.79 Å². The zero-order valence-corrected chi connectivity index (χ0v) is 12.5. The molecule has 1 aromatic rings. The van der Waals surface area contributed by atoms with Gasteiger partial charge in [0.1, 0.15) is 0 Å². The Balaban J connectivity index is 1.99. The standard InChI is InChI=1S/C17H23NO2/c1-13-4-5-15(14(2)12-13)6-7-16(19)18-10-8-17(3,20)9-11-18/h4-7,12,20H,8-11H2,1-3H3/b7-6+. The molecule has 108 valence electrons. The van der Waals surface area contributed by atoms with Crippen LogP contribution >= 0.6 is 0 Å². The summed E-state index contributed by atoms with van der Waals surface area (Å²) in [6, 6.07) is 6.20. The van der Waals surface area contributed by atoms with E-state index in [0.29, 0.717) is 25.9 Å². The Morgan fingerprint density at radius 1 is 1.30 bits per heavy atom. The van der Waals surface area contributed by atoms with Crippen molar-refractivity contribution in [2.45, 2.75) is 39.2 Å². The van der Waals surface area contributed by atoms with Gasteiger partial charge in [-0.2, -0.15) is 0 Å². The van der Waals surface area contributed by atoms with Crippen molar-refractivity contribution in [3.05, 3.63) is 41.0 Å². The maximum absolute atomic E-state index is 12.1. The minimum atomic E-state index is -0.617. The van der Waals surface area contributed by atoms with Crippen LogP contribution in [0, 0.1) is 13.8 Å². The van der Waals surface area contributed by atoms with Gasteiger partial charge < -0.3 is 10.0 Å². The largest absolute Gasteiger partial charge is 0.390 e. The van der Waals surface area contributed by atoms with Crippen molar-refractivity contribution < 1.29 is 9.90 Å². The van der Waals surface area contributed by atoms with E-state index in [4.69, 9.17) is 0 Å². The molecule has 20 heavy (non-hydrogen) atoms. The maximum Gasteiger partial charge on any atom is 0.246 e. The number of nitrogens with zero attached hydrogens (tertiary/aromatic N) is 1. The number of aliphatic hydroxyl groups is 1. The van der Waals surface area contributed by atoms with Gasteiger partial charge in [-0.15, -0.1) is 0 Å². The second-order valence-electron chi connectivity index (χ2n) is 6.02. The molecular formula is C17H23NO2. The van der Waals surface area contributed by atoms with Gasteiger partial charge in [-0.05, 0) is 50.8 Å². The molecule has 0 atom stereocenters. The van der Waals surface area contributed by atoms with Crippen molar-refractivity contribution in [1.82, 2.24) is 4.90 Å². The fourth-order valence-electron chi connectivity index (χ4n) is 2.49. The predicted molar refractivity (Wildman–Crippen MR) is 81.4 cm³/mol. The van der Waals surface area contributed by atoms with Gasteiger partial charge in [0.15, 0.2) is 0 Å². The van der Waals surface area contributed by atoms with E-state index in [1.807, 2.05) is 19.1 Å². The number of benzene rings is 1. The van der Waals surface area contributed by atoms with E-state index in [0.717, 1.165) is 5.56 Å². The van der Waals surface area contributed by atoms with E-state index >= 15 is 0 Å².